The van der Waals surface area contributed by atoms with Crippen LogP contribution in [0.4, 0.5) is 4.79 Å². The molecule has 0 unspecified atom stereocenters. The Kier molecular flexibility index (Phi) is 5.90. The summed E-state index contributed by atoms with van der Waals surface area (Å²) in [6.07, 6.45) is 2.45. The molecule has 0 saturated carbocycles. The molecular formula is C19H24N4O6. The van der Waals surface area contributed by atoms with Crippen LogP contribution < -0.4 is 25.6 Å². The predicted octanol–water partition coefficient (Wildman–Crippen LogP) is 1.07. The Labute approximate surface area is 167 Å². The monoisotopic (exact) mass is 404 g/mol. The van der Waals surface area contributed by atoms with Crippen LogP contribution in [0.25, 0.3) is 0 Å². The van der Waals surface area contributed by atoms with Crippen LogP contribution in [0.3, 0.4) is 0 Å². The van der Waals surface area contributed by atoms with E-state index in [1.165, 1.54) is 12.1 Å². The van der Waals surface area contributed by atoms with Crippen molar-refractivity contribution >= 4 is 23.8 Å². The van der Waals surface area contributed by atoms with Gasteiger partial charge in [-0.2, -0.15) is 0 Å². The second-order valence-corrected chi connectivity index (χ2v) is 6.97. The number of ether oxygens (including phenoxy) is 2. The van der Waals surface area contributed by atoms with Crippen molar-refractivity contribution in [2.45, 2.75) is 45.1 Å². The predicted molar refractivity (Wildman–Crippen MR) is 101 cm³/mol. The number of rotatable bonds is 7. The van der Waals surface area contributed by atoms with Gasteiger partial charge in [-0.25, -0.2) is 4.79 Å². The van der Waals surface area contributed by atoms with Crippen molar-refractivity contribution in [3.63, 3.8) is 0 Å². The standard InChI is InChI=1S/C19H24N4O6/c1-3-7-19(8-4-2)17(26)23(18(27)20-19)10-15(24)21-22-16(25)12-5-6-13-14(9-12)29-11-28-13/h5-6,9H,3-4,7-8,10-11H2,1-2H3,(H,20,27)(H,21,24)(H,22,25). The van der Waals surface area contributed by atoms with Crippen molar-refractivity contribution < 1.29 is 28.7 Å². The Hall–Kier alpha value is -3.30. The second kappa shape index (κ2) is 8.38. The Morgan fingerprint density at radius 1 is 1.10 bits per heavy atom. The van der Waals surface area contributed by atoms with Gasteiger partial charge in [-0.3, -0.25) is 30.1 Å². The summed E-state index contributed by atoms with van der Waals surface area (Å²) in [5, 5.41) is 2.73. The molecule has 10 nitrogen and oxygen atoms in total. The smallest absolute Gasteiger partial charge is 0.325 e. The van der Waals surface area contributed by atoms with Gasteiger partial charge in [0, 0.05) is 5.56 Å². The average molecular weight is 404 g/mol. The lowest BCUT2D eigenvalue weighted by Crippen LogP contribution is -2.49. The zero-order chi connectivity index (χ0) is 21.0. The molecule has 3 N–H and O–H groups in total. The molecule has 1 aromatic carbocycles. The fourth-order valence-electron chi connectivity index (χ4n) is 3.56. The zero-order valence-corrected chi connectivity index (χ0v) is 16.4. The van der Waals surface area contributed by atoms with Gasteiger partial charge >= 0.3 is 6.03 Å². The molecule has 156 valence electrons. The van der Waals surface area contributed by atoms with Crippen molar-refractivity contribution in [2.24, 2.45) is 0 Å². The van der Waals surface area contributed by atoms with Gasteiger partial charge in [0.15, 0.2) is 11.5 Å². The van der Waals surface area contributed by atoms with Crippen LogP contribution in [0, 0.1) is 0 Å². The van der Waals surface area contributed by atoms with Gasteiger partial charge in [0.2, 0.25) is 6.79 Å². The molecule has 0 aliphatic carbocycles. The summed E-state index contributed by atoms with van der Waals surface area (Å²) in [5.41, 5.74) is 3.78. The van der Waals surface area contributed by atoms with Gasteiger partial charge in [0.25, 0.3) is 17.7 Å². The first kappa shape index (κ1) is 20.4. The van der Waals surface area contributed by atoms with Crippen molar-refractivity contribution in [1.29, 1.82) is 0 Å². The summed E-state index contributed by atoms with van der Waals surface area (Å²) in [7, 11) is 0. The maximum absolute atomic E-state index is 12.8. The highest BCUT2D eigenvalue weighted by Crippen LogP contribution is 2.32. The minimum atomic E-state index is -0.962. The van der Waals surface area contributed by atoms with Gasteiger partial charge in [-0.1, -0.05) is 26.7 Å². The first-order chi connectivity index (χ1) is 13.9. The van der Waals surface area contributed by atoms with Gasteiger partial charge in [0.05, 0.1) is 0 Å². The van der Waals surface area contributed by atoms with E-state index in [4.69, 9.17) is 9.47 Å². The van der Waals surface area contributed by atoms with Crippen molar-refractivity contribution in [3.05, 3.63) is 23.8 Å². The number of hydrogen-bond donors (Lipinski definition) is 3. The number of hydrazine groups is 1. The molecule has 5 amide bonds. The van der Waals surface area contributed by atoms with E-state index in [9.17, 15) is 19.2 Å². The SMILES string of the molecule is CCCC1(CCC)NC(=O)N(CC(=O)NNC(=O)c2ccc3c(c2)OCO3)C1=O. The quantitative estimate of drug-likeness (QED) is 0.461. The van der Waals surface area contributed by atoms with Crippen LogP contribution in [-0.4, -0.2) is 47.5 Å². The number of carbonyl (C=O) groups excluding carboxylic acids is 4. The summed E-state index contributed by atoms with van der Waals surface area (Å²) < 4.78 is 10.4. The maximum atomic E-state index is 12.8. The average Bonchev–Trinajstić information content (AvgIpc) is 3.25. The largest absolute Gasteiger partial charge is 0.454 e. The fraction of sp³-hybridized carbons (Fsp3) is 0.474. The summed E-state index contributed by atoms with van der Waals surface area (Å²) >= 11 is 0. The van der Waals surface area contributed by atoms with Gasteiger partial charge in [0.1, 0.15) is 12.1 Å². The second-order valence-electron chi connectivity index (χ2n) is 6.97. The molecule has 1 aromatic rings. The van der Waals surface area contributed by atoms with Crippen LogP contribution in [-0.2, 0) is 9.59 Å². The van der Waals surface area contributed by atoms with E-state index >= 15 is 0 Å². The highest BCUT2D eigenvalue weighted by Gasteiger charge is 2.50. The molecule has 0 bridgehead atoms. The molecule has 1 fully saturated rings. The number of urea groups is 1. The lowest BCUT2D eigenvalue weighted by molar-refractivity contribution is -0.135. The summed E-state index contributed by atoms with van der Waals surface area (Å²) in [6, 6.07) is 4.00. The van der Waals surface area contributed by atoms with E-state index in [0.29, 0.717) is 24.3 Å². The summed E-state index contributed by atoms with van der Waals surface area (Å²) in [6.45, 7) is 3.46. The van der Waals surface area contributed by atoms with Crippen LogP contribution in [0.1, 0.15) is 49.9 Å². The van der Waals surface area contributed by atoms with E-state index in [2.05, 4.69) is 16.2 Å². The lowest BCUT2D eigenvalue weighted by Gasteiger charge is -2.25. The number of carbonyl (C=O) groups is 4. The van der Waals surface area contributed by atoms with Crippen LogP contribution in [0.2, 0.25) is 0 Å². The van der Waals surface area contributed by atoms with E-state index in [0.717, 1.165) is 17.7 Å². The topological polar surface area (TPSA) is 126 Å². The maximum Gasteiger partial charge on any atom is 0.325 e. The molecule has 2 heterocycles. The number of amides is 5. The van der Waals surface area contributed by atoms with E-state index in [1.807, 2.05) is 13.8 Å². The zero-order valence-electron chi connectivity index (χ0n) is 16.4. The third kappa shape index (κ3) is 4.10. The van der Waals surface area contributed by atoms with Gasteiger partial charge in [-0.05, 0) is 31.0 Å². The molecule has 1 saturated heterocycles. The molecule has 29 heavy (non-hydrogen) atoms. The minimum Gasteiger partial charge on any atom is -0.454 e. The number of fused-ring (bicyclic) bond motifs is 1. The fourth-order valence-corrected chi connectivity index (χ4v) is 3.56. The van der Waals surface area contributed by atoms with Gasteiger partial charge in [-0.15, -0.1) is 0 Å². The Bertz CT molecular complexity index is 834. The number of benzene rings is 1. The van der Waals surface area contributed by atoms with Crippen LogP contribution in [0.5, 0.6) is 11.5 Å². The molecule has 0 aromatic heterocycles. The molecule has 0 radical (unpaired) electrons. The molecule has 0 atom stereocenters. The third-order valence-electron chi connectivity index (χ3n) is 4.85. The van der Waals surface area contributed by atoms with Crippen molar-refractivity contribution in [1.82, 2.24) is 21.1 Å². The minimum absolute atomic E-state index is 0.0840. The Morgan fingerprint density at radius 2 is 1.79 bits per heavy atom. The first-order valence-electron chi connectivity index (χ1n) is 9.53. The molecule has 2 aliphatic heterocycles. The third-order valence-corrected chi connectivity index (χ3v) is 4.85. The highest BCUT2D eigenvalue weighted by atomic mass is 16.7. The summed E-state index contributed by atoms with van der Waals surface area (Å²) in [4.78, 5) is 50.3. The van der Waals surface area contributed by atoms with Crippen LogP contribution >= 0.6 is 0 Å². The molecule has 0 spiro atoms. The number of nitrogens with one attached hydrogen (secondary N) is 3. The van der Waals surface area contributed by atoms with Crippen molar-refractivity contribution in [2.75, 3.05) is 13.3 Å². The molecular weight excluding hydrogens is 380 g/mol. The summed E-state index contributed by atoms with van der Waals surface area (Å²) in [5.74, 6) is -0.701. The van der Waals surface area contributed by atoms with Gasteiger partial charge < -0.3 is 14.8 Å². The number of nitrogens with zero attached hydrogens (tertiary/aromatic N) is 1. The Morgan fingerprint density at radius 3 is 2.48 bits per heavy atom. The highest BCUT2D eigenvalue weighted by molar-refractivity contribution is 6.09. The normalized spacial score (nSPS) is 16.6. The number of hydrogen-bond acceptors (Lipinski definition) is 6. The molecule has 10 heteroatoms. The van der Waals surface area contributed by atoms with E-state index < -0.39 is 35.8 Å². The number of imide groups is 1. The van der Waals surface area contributed by atoms with Crippen molar-refractivity contribution in [3.8, 4) is 11.5 Å². The Balaban J connectivity index is 1.57. The van der Waals surface area contributed by atoms with E-state index in [-0.39, 0.29) is 12.4 Å². The molecule has 3 rings (SSSR count). The van der Waals surface area contributed by atoms with E-state index in [1.54, 1.807) is 6.07 Å². The lowest BCUT2D eigenvalue weighted by atomic mass is 9.88. The first-order valence-corrected chi connectivity index (χ1v) is 9.53. The van der Waals surface area contributed by atoms with Crippen LogP contribution in [0.15, 0.2) is 18.2 Å². The molecule has 2 aliphatic rings.